The molecule has 0 unspecified atom stereocenters. The Morgan fingerprint density at radius 3 is 2.16 bits per heavy atom. The van der Waals surface area contributed by atoms with Crippen LogP contribution in [0.5, 0.6) is 0 Å². The molecule has 1 aromatic carbocycles. The van der Waals surface area contributed by atoms with Crippen LogP contribution < -0.4 is 0 Å². The highest BCUT2D eigenvalue weighted by molar-refractivity contribution is 6.02. The van der Waals surface area contributed by atoms with E-state index in [0.717, 1.165) is 12.5 Å². The average molecular weight is 434 g/mol. The molecule has 7 nitrogen and oxygen atoms in total. The lowest BCUT2D eigenvalue weighted by molar-refractivity contribution is -0.193. The number of carbonyl (C=O) groups is 3. The molecular weight excluding hydrogens is 417 g/mol. The highest BCUT2D eigenvalue weighted by Gasteiger charge is 2.43. The van der Waals surface area contributed by atoms with Crippen molar-refractivity contribution in [3.05, 3.63) is 78.4 Å². The van der Waals surface area contributed by atoms with Crippen molar-refractivity contribution in [2.45, 2.75) is 19.6 Å². The lowest BCUT2D eigenvalue weighted by Crippen LogP contribution is -2.28. The smallest absolute Gasteiger partial charge is 0.481 e. The Morgan fingerprint density at radius 1 is 1.03 bits per heavy atom. The summed E-state index contributed by atoms with van der Waals surface area (Å²) in [4.78, 5) is 36.1. The molecule has 162 valence electrons. The second-order valence-electron chi connectivity index (χ2n) is 6.17. The number of ether oxygens (including phenoxy) is 1. The van der Waals surface area contributed by atoms with Gasteiger partial charge in [-0.25, -0.2) is 9.59 Å². The van der Waals surface area contributed by atoms with Crippen molar-refractivity contribution >= 4 is 17.9 Å². The third kappa shape index (κ3) is 7.11. The van der Waals surface area contributed by atoms with Gasteiger partial charge in [-0.15, -0.1) is 0 Å². The van der Waals surface area contributed by atoms with Crippen LogP contribution in [0.15, 0.2) is 67.3 Å². The summed E-state index contributed by atoms with van der Waals surface area (Å²) in [5, 5.41) is 7.42. The molecule has 1 N–H and O–H groups in total. The van der Waals surface area contributed by atoms with Crippen LogP contribution in [0.4, 0.5) is 13.2 Å². The van der Waals surface area contributed by atoms with Gasteiger partial charge >= 0.3 is 18.1 Å². The average Bonchev–Trinajstić information content (AvgIpc) is 3.12. The third-order valence-corrected chi connectivity index (χ3v) is 3.72. The van der Waals surface area contributed by atoms with Gasteiger partial charge < -0.3 is 14.4 Å². The zero-order valence-electron chi connectivity index (χ0n) is 16.2. The number of benzene rings is 1. The largest absolute Gasteiger partial charge is 0.491 e. The molecule has 31 heavy (non-hydrogen) atoms. The maximum Gasteiger partial charge on any atom is 0.491 e. The zero-order chi connectivity index (χ0) is 23.0. The fraction of sp³-hybridized carbons (Fsp3) is 0.143. The summed E-state index contributed by atoms with van der Waals surface area (Å²) in [6, 6.07) is 12.2. The number of carboxylic acids is 1. The topological polar surface area (TPSA) is 98.5 Å². The van der Waals surface area contributed by atoms with E-state index in [1.807, 2.05) is 0 Å². The Hall–Kier alpha value is -3.95. The first-order valence-corrected chi connectivity index (χ1v) is 8.75. The minimum Gasteiger partial charge on any atom is -0.481 e. The summed E-state index contributed by atoms with van der Waals surface area (Å²) < 4.78 is 42.8. The molecule has 0 bridgehead atoms. The van der Waals surface area contributed by atoms with Gasteiger partial charge in [0.2, 0.25) is 0 Å². The van der Waals surface area contributed by atoms with E-state index < -0.39 is 24.1 Å². The van der Waals surface area contributed by atoms with E-state index in [4.69, 9.17) is 9.90 Å². The van der Waals surface area contributed by atoms with Gasteiger partial charge in [-0.2, -0.15) is 13.2 Å². The highest BCUT2D eigenvalue weighted by Crippen LogP contribution is 2.27. The van der Waals surface area contributed by atoms with E-state index in [1.165, 1.54) is 6.20 Å². The van der Waals surface area contributed by atoms with Gasteiger partial charge in [-0.3, -0.25) is 9.78 Å². The first-order valence-electron chi connectivity index (χ1n) is 8.75. The van der Waals surface area contributed by atoms with Crippen molar-refractivity contribution in [2.24, 2.45) is 0 Å². The number of nitrogens with zero attached hydrogens (tertiary/aromatic N) is 2. The maximum absolute atomic E-state index is 12.4. The summed E-state index contributed by atoms with van der Waals surface area (Å²) in [7, 11) is 0. The number of aromatic nitrogens is 2. The van der Waals surface area contributed by atoms with E-state index in [-0.39, 0.29) is 5.56 Å². The number of carboxylic acid groups (broad SMARTS) is 1. The quantitative estimate of drug-likeness (QED) is 0.494. The van der Waals surface area contributed by atoms with Crippen molar-refractivity contribution in [1.82, 2.24) is 9.55 Å². The molecule has 3 rings (SSSR count). The minimum absolute atomic E-state index is 0.132. The van der Waals surface area contributed by atoms with Crippen LogP contribution in [0.3, 0.4) is 0 Å². The van der Waals surface area contributed by atoms with Crippen LogP contribution >= 0.6 is 0 Å². The molecule has 2 aromatic heterocycles. The monoisotopic (exact) mass is 434 g/mol. The number of esters is 2. The molecule has 10 heteroatoms. The van der Waals surface area contributed by atoms with Gasteiger partial charge in [0.15, 0.2) is 0 Å². The Balaban J connectivity index is 0.000000785. The molecule has 0 spiro atoms. The minimum atomic E-state index is -5.25. The number of carbonyl (C=O) groups excluding carboxylic acids is 2. The first-order chi connectivity index (χ1) is 14.6. The summed E-state index contributed by atoms with van der Waals surface area (Å²) in [6.45, 7) is 1.45. The van der Waals surface area contributed by atoms with Crippen molar-refractivity contribution in [3.8, 4) is 11.1 Å². The molecule has 2 heterocycles. The van der Waals surface area contributed by atoms with Crippen LogP contribution in [0, 0.1) is 0 Å². The van der Waals surface area contributed by atoms with Crippen molar-refractivity contribution in [2.75, 3.05) is 0 Å². The molecular formula is C21H17F3N2O5. The van der Waals surface area contributed by atoms with Crippen molar-refractivity contribution in [1.29, 1.82) is 0 Å². The SMILES string of the molecule is CC(=O)O.O=C(OC(=O)C(F)(F)F)c1cn(Cc2ccncc2)cc1-c1ccccc1. The van der Waals surface area contributed by atoms with Crippen molar-refractivity contribution in [3.63, 3.8) is 0 Å². The maximum atomic E-state index is 12.4. The van der Waals surface area contributed by atoms with Gasteiger partial charge in [0.25, 0.3) is 5.97 Å². The summed E-state index contributed by atoms with van der Waals surface area (Å²) >= 11 is 0. The van der Waals surface area contributed by atoms with Gasteiger partial charge in [0, 0.05) is 43.8 Å². The molecule has 0 amide bonds. The molecule has 0 fully saturated rings. The number of pyridine rings is 1. The molecule has 0 aliphatic heterocycles. The van der Waals surface area contributed by atoms with E-state index in [0.29, 0.717) is 17.7 Å². The van der Waals surface area contributed by atoms with E-state index in [2.05, 4.69) is 9.72 Å². The van der Waals surface area contributed by atoms with Gasteiger partial charge in [0.05, 0.1) is 5.56 Å². The predicted molar refractivity (Wildman–Crippen MR) is 103 cm³/mol. The number of hydrogen-bond acceptors (Lipinski definition) is 5. The standard InChI is InChI=1S/C19H13F3N2O3.C2H4O2/c20-19(21,22)18(26)27-17(25)16-12-24(10-13-6-8-23-9-7-13)11-15(16)14-4-2-1-3-5-14;1-2(3)4/h1-9,11-12H,10H2;1H3,(H,3,4). The van der Waals surface area contributed by atoms with E-state index in [1.54, 1.807) is 65.6 Å². The fourth-order valence-electron chi connectivity index (χ4n) is 2.51. The zero-order valence-corrected chi connectivity index (χ0v) is 16.2. The Bertz CT molecular complexity index is 1040. The summed E-state index contributed by atoms with van der Waals surface area (Å²) in [5.41, 5.74) is 1.72. The molecule has 0 radical (unpaired) electrons. The summed E-state index contributed by atoms with van der Waals surface area (Å²) in [5.74, 6) is -4.74. The second kappa shape index (κ2) is 10.2. The van der Waals surface area contributed by atoms with Gasteiger partial charge in [-0.1, -0.05) is 30.3 Å². The molecule has 3 aromatic rings. The number of hydrogen-bond donors (Lipinski definition) is 1. The van der Waals surface area contributed by atoms with Crippen LogP contribution in [0.25, 0.3) is 11.1 Å². The highest BCUT2D eigenvalue weighted by atomic mass is 19.4. The lowest BCUT2D eigenvalue weighted by Gasteiger charge is -2.06. The third-order valence-electron chi connectivity index (χ3n) is 3.72. The van der Waals surface area contributed by atoms with Crippen molar-refractivity contribution < 1.29 is 37.4 Å². The number of halogens is 3. The Kier molecular flexibility index (Phi) is 7.67. The Morgan fingerprint density at radius 2 is 1.61 bits per heavy atom. The molecule has 0 saturated heterocycles. The lowest BCUT2D eigenvalue weighted by atomic mass is 10.1. The van der Waals surface area contributed by atoms with Crippen LogP contribution in [0.1, 0.15) is 22.8 Å². The van der Waals surface area contributed by atoms with Crippen LogP contribution in [-0.2, 0) is 20.9 Å². The number of rotatable bonds is 4. The van der Waals surface area contributed by atoms with E-state index in [9.17, 15) is 22.8 Å². The normalized spacial score (nSPS) is 10.6. The number of aliphatic carboxylic acids is 1. The molecule has 0 atom stereocenters. The summed E-state index contributed by atoms with van der Waals surface area (Å²) in [6.07, 6.45) is 0.934. The van der Waals surface area contributed by atoms with E-state index >= 15 is 0 Å². The van der Waals surface area contributed by atoms with Gasteiger partial charge in [0.1, 0.15) is 0 Å². The van der Waals surface area contributed by atoms with Crippen LogP contribution in [0.2, 0.25) is 0 Å². The molecule has 0 aliphatic carbocycles. The van der Waals surface area contributed by atoms with Crippen LogP contribution in [-0.4, -0.2) is 38.7 Å². The fourth-order valence-corrected chi connectivity index (χ4v) is 2.51. The molecule has 0 aliphatic rings. The number of alkyl halides is 3. The van der Waals surface area contributed by atoms with Gasteiger partial charge in [-0.05, 0) is 23.3 Å². The predicted octanol–water partition coefficient (Wildman–Crippen LogP) is 3.94. The molecule has 0 saturated carbocycles. The first kappa shape index (κ1) is 23.3. The second-order valence-corrected chi connectivity index (χ2v) is 6.17. The Labute approximate surface area is 174 Å².